The van der Waals surface area contributed by atoms with Crippen LogP contribution in [0, 0.1) is 15.9 Å². The minimum absolute atomic E-state index is 0.132. The molecule has 0 amide bonds. The Bertz CT molecular complexity index is 1270. The largest absolute Gasteiger partial charge is 0.492 e. The number of nitro benzene ring substituents is 1. The van der Waals surface area contributed by atoms with Gasteiger partial charge in [0.2, 0.25) is 11.8 Å². The Morgan fingerprint density at radius 1 is 1.23 bits per heavy atom. The molecule has 0 spiro atoms. The summed E-state index contributed by atoms with van der Waals surface area (Å²) in [4.78, 5) is 19.0. The molecule has 0 saturated heterocycles. The first-order valence-electron chi connectivity index (χ1n) is 9.67. The zero-order chi connectivity index (χ0) is 22.0. The molecule has 158 valence electrons. The molecule has 0 atom stereocenters. The number of nitro groups is 1. The van der Waals surface area contributed by atoms with Crippen LogP contribution in [-0.2, 0) is 6.54 Å². The van der Waals surface area contributed by atoms with Gasteiger partial charge in [0, 0.05) is 35.8 Å². The molecule has 4 rings (SSSR count). The van der Waals surface area contributed by atoms with E-state index in [4.69, 9.17) is 4.74 Å². The smallest absolute Gasteiger partial charge is 0.307 e. The van der Waals surface area contributed by atoms with E-state index >= 15 is 0 Å². The highest BCUT2D eigenvalue weighted by Crippen LogP contribution is 2.34. The highest BCUT2D eigenvalue weighted by molar-refractivity contribution is 5.84. The minimum atomic E-state index is -0.977. The number of nitrogens with one attached hydrogen (secondary N) is 1. The second-order valence-corrected chi connectivity index (χ2v) is 6.61. The lowest BCUT2D eigenvalue weighted by Gasteiger charge is -2.12. The molecule has 31 heavy (non-hydrogen) atoms. The zero-order valence-electron chi connectivity index (χ0n) is 16.9. The molecular formula is C21H19FN6O3. The maximum absolute atomic E-state index is 14.0. The Kier molecular flexibility index (Phi) is 5.44. The number of aromatic nitrogens is 4. The summed E-state index contributed by atoms with van der Waals surface area (Å²) in [5.74, 6) is -0.647. The lowest BCUT2D eigenvalue weighted by Crippen LogP contribution is -2.04. The molecule has 2 aromatic heterocycles. The normalized spacial score (nSPS) is 10.9. The average Bonchev–Trinajstić information content (AvgIpc) is 3.18. The number of halogens is 1. The molecule has 4 aromatic rings. The van der Waals surface area contributed by atoms with Crippen LogP contribution in [0.1, 0.15) is 13.8 Å². The molecule has 0 fully saturated rings. The van der Waals surface area contributed by atoms with Crippen LogP contribution in [0.3, 0.4) is 0 Å². The maximum atomic E-state index is 14.0. The summed E-state index contributed by atoms with van der Waals surface area (Å²) in [6, 6.07) is 9.71. The molecule has 2 heterocycles. The first kappa shape index (κ1) is 20.2. The van der Waals surface area contributed by atoms with E-state index in [1.54, 1.807) is 25.4 Å². The van der Waals surface area contributed by atoms with Crippen LogP contribution in [0.15, 0.2) is 48.8 Å². The molecule has 10 heteroatoms. The number of fused-ring (bicyclic) bond motifs is 1. The molecule has 1 N–H and O–H groups in total. The van der Waals surface area contributed by atoms with Crippen molar-refractivity contribution in [3.8, 4) is 17.0 Å². The van der Waals surface area contributed by atoms with Gasteiger partial charge >= 0.3 is 5.69 Å². The highest BCUT2D eigenvalue weighted by atomic mass is 19.1. The van der Waals surface area contributed by atoms with Crippen molar-refractivity contribution >= 4 is 28.2 Å². The lowest BCUT2D eigenvalue weighted by atomic mass is 10.1. The van der Waals surface area contributed by atoms with Gasteiger partial charge in [-0.25, -0.2) is 9.97 Å². The third kappa shape index (κ3) is 4.00. The SMILES string of the molecule is CCOc1cc(F)c([N+](=O)[O-])cc1Nc1nccc(-c2ccc3c(cnn3CC)c2)n1. The van der Waals surface area contributed by atoms with Gasteiger partial charge in [0.1, 0.15) is 5.75 Å². The Balaban J connectivity index is 1.69. The van der Waals surface area contributed by atoms with Crippen molar-refractivity contribution in [3.05, 3.63) is 64.7 Å². The summed E-state index contributed by atoms with van der Waals surface area (Å²) < 4.78 is 21.3. The molecule has 0 bridgehead atoms. The fraction of sp³-hybridized carbons (Fsp3) is 0.190. The summed E-state index contributed by atoms with van der Waals surface area (Å²) in [6.07, 6.45) is 3.37. The minimum Gasteiger partial charge on any atom is -0.492 e. The molecule has 2 aromatic carbocycles. The second kappa shape index (κ2) is 8.34. The van der Waals surface area contributed by atoms with Crippen LogP contribution in [-0.4, -0.2) is 31.3 Å². The van der Waals surface area contributed by atoms with Gasteiger partial charge < -0.3 is 10.1 Å². The first-order chi connectivity index (χ1) is 15.0. The fourth-order valence-corrected chi connectivity index (χ4v) is 3.25. The van der Waals surface area contributed by atoms with Gasteiger partial charge in [-0.3, -0.25) is 14.8 Å². The van der Waals surface area contributed by atoms with Gasteiger partial charge in [-0.05, 0) is 32.0 Å². The van der Waals surface area contributed by atoms with E-state index < -0.39 is 16.4 Å². The predicted molar refractivity (Wildman–Crippen MR) is 114 cm³/mol. The van der Waals surface area contributed by atoms with Crippen molar-refractivity contribution in [3.63, 3.8) is 0 Å². The van der Waals surface area contributed by atoms with Gasteiger partial charge in [0.15, 0.2) is 0 Å². The average molecular weight is 422 g/mol. The van der Waals surface area contributed by atoms with E-state index in [2.05, 4.69) is 20.4 Å². The number of ether oxygens (including phenoxy) is 1. The molecule has 0 unspecified atom stereocenters. The third-order valence-electron chi connectivity index (χ3n) is 4.68. The van der Waals surface area contributed by atoms with Crippen LogP contribution in [0.5, 0.6) is 5.75 Å². The number of aryl methyl sites for hydroxylation is 1. The highest BCUT2D eigenvalue weighted by Gasteiger charge is 2.20. The molecular weight excluding hydrogens is 403 g/mol. The molecule has 0 aliphatic carbocycles. The molecule has 9 nitrogen and oxygen atoms in total. The third-order valence-corrected chi connectivity index (χ3v) is 4.68. The number of hydrogen-bond donors (Lipinski definition) is 1. The van der Waals surface area contributed by atoms with Crippen LogP contribution < -0.4 is 10.1 Å². The summed E-state index contributed by atoms with van der Waals surface area (Å²) in [5.41, 5.74) is 2.08. The van der Waals surface area contributed by atoms with Crippen molar-refractivity contribution in [1.29, 1.82) is 0 Å². The molecule has 0 radical (unpaired) electrons. The molecule has 0 aliphatic heterocycles. The van der Waals surface area contributed by atoms with Gasteiger partial charge in [-0.2, -0.15) is 9.49 Å². The van der Waals surface area contributed by atoms with Crippen molar-refractivity contribution in [2.45, 2.75) is 20.4 Å². The summed E-state index contributed by atoms with van der Waals surface area (Å²) in [5, 5.41) is 19.4. The van der Waals surface area contributed by atoms with E-state index in [1.807, 2.05) is 29.8 Å². The number of anilines is 2. The topological polar surface area (TPSA) is 108 Å². The predicted octanol–water partition coefficient (Wildman–Crippen LogP) is 4.70. The standard InChI is InChI=1S/C21H19FN6O3/c1-3-27-18-6-5-13(9-14(18)12-24-27)16-7-8-23-21(25-16)26-17-11-19(28(29)30)15(22)10-20(17)31-4-2/h5-12H,3-4H2,1-2H3,(H,23,25,26). The van der Waals surface area contributed by atoms with Crippen molar-refractivity contribution < 1.29 is 14.1 Å². The monoisotopic (exact) mass is 422 g/mol. The van der Waals surface area contributed by atoms with Gasteiger partial charge in [0.05, 0.1) is 34.6 Å². The van der Waals surface area contributed by atoms with Gasteiger partial charge in [-0.15, -0.1) is 0 Å². The Morgan fingerprint density at radius 3 is 2.81 bits per heavy atom. The van der Waals surface area contributed by atoms with Gasteiger partial charge in [-0.1, -0.05) is 6.07 Å². The van der Waals surface area contributed by atoms with Crippen molar-refractivity contribution in [1.82, 2.24) is 19.7 Å². The maximum Gasteiger partial charge on any atom is 0.307 e. The Morgan fingerprint density at radius 2 is 2.06 bits per heavy atom. The second-order valence-electron chi connectivity index (χ2n) is 6.61. The van der Waals surface area contributed by atoms with Crippen LogP contribution in [0.25, 0.3) is 22.2 Å². The van der Waals surface area contributed by atoms with Crippen molar-refractivity contribution in [2.75, 3.05) is 11.9 Å². The lowest BCUT2D eigenvalue weighted by molar-refractivity contribution is -0.387. The summed E-state index contributed by atoms with van der Waals surface area (Å²) in [6.45, 7) is 4.80. The Hall–Kier alpha value is -4.08. The van der Waals surface area contributed by atoms with Gasteiger partial charge in [0.25, 0.3) is 0 Å². The zero-order valence-corrected chi connectivity index (χ0v) is 16.9. The van der Waals surface area contributed by atoms with E-state index in [9.17, 15) is 14.5 Å². The summed E-state index contributed by atoms with van der Waals surface area (Å²) in [7, 11) is 0. The number of nitrogens with zero attached hydrogens (tertiary/aromatic N) is 5. The number of benzene rings is 2. The van der Waals surface area contributed by atoms with E-state index in [0.29, 0.717) is 5.69 Å². The van der Waals surface area contributed by atoms with E-state index in [-0.39, 0.29) is 24.0 Å². The van der Waals surface area contributed by atoms with Crippen molar-refractivity contribution in [2.24, 2.45) is 0 Å². The Labute approximate surface area is 176 Å². The molecule has 0 aliphatic rings. The van der Waals surface area contributed by atoms with E-state index in [0.717, 1.165) is 35.1 Å². The van der Waals surface area contributed by atoms with E-state index in [1.165, 1.54) is 0 Å². The fourth-order valence-electron chi connectivity index (χ4n) is 3.25. The quantitative estimate of drug-likeness (QED) is 0.340. The number of hydrogen-bond acceptors (Lipinski definition) is 7. The molecule has 0 saturated carbocycles. The first-order valence-corrected chi connectivity index (χ1v) is 9.67. The summed E-state index contributed by atoms with van der Waals surface area (Å²) >= 11 is 0. The van der Waals surface area contributed by atoms with Crippen LogP contribution in [0.2, 0.25) is 0 Å². The van der Waals surface area contributed by atoms with Crippen LogP contribution >= 0.6 is 0 Å². The number of rotatable bonds is 7. The van der Waals surface area contributed by atoms with Crippen LogP contribution in [0.4, 0.5) is 21.7 Å².